The summed E-state index contributed by atoms with van der Waals surface area (Å²) in [6, 6.07) is 8.77. The molecule has 0 spiro atoms. The van der Waals surface area contributed by atoms with Gasteiger partial charge < -0.3 is 4.74 Å². The van der Waals surface area contributed by atoms with Crippen molar-refractivity contribution in [3.05, 3.63) is 34.9 Å². The molecule has 3 rings (SSSR count). The fourth-order valence-corrected chi connectivity index (χ4v) is 4.58. The average Bonchev–Trinajstić information content (AvgIpc) is 3.05. The van der Waals surface area contributed by atoms with E-state index in [4.69, 9.17) is 16.3 Å². The minimum atomic E-state index is -0.319. The number of esters is 1. The van der Waals surface area contributed by atoms with Crippen LogP contribution < -0.4 is 0 Å². The number of fused-ring (bicyclic) bond motifs is 2. The first-order valence-corrected chi connectivity index (χ1v) is 8.66. The van der Waals surface area contributed by atoms with Crippen LogP contribution in [0.5, 0.6) is 0 Å². The molecule has 2 heterocycles. The van der Waals surface area contributed by atoms with Gasteiger partial charge in [-0.3, -0.25) is 9.69 Å². The molecule has 2 fully saturated rings. The number of rotatable bonds is 5. The molecule has 1 aromatic rings. The van der Waals surface area contributed by atoms with Gasteiger partial charge in [0.1, 0.15) is 0 Å². The number of ether oxygens (including phenoxy) is 1. The molecule has 0 radical (unpaired) electrons. The molecule has 4 heteroatoms. The molecule has 0 aliphatic carbocycles. The molecular formula is C18H24ClNO2. The molecular weight excluding hydrogens is 298 g/mol. The molecule has 2 aliphatic rings. The third-order valence-corrected chi connectivity index (χ3v) is 5.87. The van der Waals surface area contributed by atoms with Crippen LogP contribution in [0, 0.1) is 5.41 Å². The summed E-state index contributed by atoms with van der Waals surface area (Å²) in [4.78, 5) is 15.1. The Morgan fingerprint density at radius 3 is 2.82 bits per heavy atom. The van der Waals surface area contributed by atoms with Gasteiger partial charge in [0.2, 0.25) is 0 Å². The van der Waals surface area contributed by atoms with Crippen molar-refractivity contribution >= 4 is 17.6 Å². The molecule has 2 bridgehead atoms. The summed E-state index contributed by atoms with van der Waals surface area (Å²) in [6.07, 6.45) is 4.04. The number of nitrogens with zero attached hydrogens (tertiary/aromatic N) is 1. The quantitative estimate of drug-likeness (QED) is 0.767. The molecule has 0 amide bonds. The standard InChI is InChI=1S/C18H24ClNO2/c1-3-18(17(21)22-4-2)11-14-9-10-16(18)20(14)12-13-7-5-6-8-15(13)19/h5-8,14,16H,3-4,9-12H2,1-2H3/t14-,16+,18+/m1/s1. The maximum atomic E-state index is 12.6. The van der Waals surface area contributed by atoms with Crippen molar-refractivity contribution in [1.82, 2.24) is 4.90 Å². The number of halogens is 1. The number of hydrogen-bond acceptors (Lipinski definition) is 3. The van der Waals surface area contributed by atoms with E-state index in [1.54, 1.807) is 0 Å². The Hall–Kier alpha value is -1.06. The van der Waals surface area contributed by atoms with Crippen LogP contribution in [0.1, 0.15) is 45.1 Å². The minimum absolute atomic E-state index is 0.00569. The highest BCUT2D eigenvalue weighted by atomic mass is 35.5. The highest BCUT2D eigenvalue weighted by Gasteiger charge is 2.59. The molecule has 2 aliphatic heterocycles. The van der Waals surface area contributed by atoms with Gasteiger partial charge >= 0.3 is 5.97 Å². The van der Waals surface area contributed by atoms with Gasteiger partial charge in [0, 0.05) is 23.7 Å². The number of carbonyl (C=O) groups is 1. The molecule has 120 valence electrons. The van der Waals surface area contributed by atoms with Crippen molar-refractivity contribution in [3.63, 3.8) is 0 Å². The van der Waals surface area contributed by atoms with E-state index in [9.17, 15) is 4.79 Å². The van der Waals surface area contributed by atoms with Crippen LogP contribution in [-0.2, 0) is 16.1 Å². The zero-order valence-electron chi connectivity index (χ0n) is 13.3. The highest BCUT2D eigenvalue weighted by molar-refractivity contribution is 6.31. The molecule has 0 N–H and O–H groups in total. The van der Waals surface area contributed by atoms with E-state index in [1.165, 1.54) is 6.42 Å². The summed E-state index contributed by atoms with van der Waals surface area (Å²) in [6.45, 7) is 5.29. The maximum Gasteiger partial charge on any atom is 0.313 e. The van der Waals surface area contributed by atoms with E-state index in [2.05, 4.69) is 17.9 Å². The number of hydrogen-bond donors (Lipinski definition) is 0. The summed E-state index contributed by atoms with van der Waals surface area (Å²) < 4.78 is 5.40. The van der Waals surface area contributed by atoms with Gasteiger partial charge in [-0.2, -0.15) is 0 Å². The van der Waals surface area contributed by atoms with Gasteiger partial charge in [-0.05, 0) is 44.2 Å². The van der Waals surface area contributed by atoms with Crippen molar-refractivity contribution in [2.24, 2.45) is 5.41 Å². The Morgan fingerprint density at radius 2 is 2.14 bits per heavy atom. The maximum absolute atomic E-state index is 12.6. The molecule has 3 atom stereocenters. The van der Waals surface area contributed by atoms with Gasteiger partial charge in [-0.15, -0.1) is 0 Å². The van der Waals surface area contributed by atoms with E-state index < -0.39 is 0 Å². The topological polar surface area (TPSA) is 29.5 Å². The van der Waals surface area contributed by atoms with Crippen LogP contribution in [0.25, 0.3) is 0 Å². The molecule has 1 aromatic carbocycles. The first kappa shape index (κ1) is 15.8. The Labute approximate surface area is 137 Å². The van der Waals surface area contributed by atoms with Crippen LogP contribution in [0.4, 0.5) is 0 Å². The van der Waals surface area contributed by atoms with Crippen molar-refractivity contribution in [1.29, 1.82) is 0 Å². The van der Waals surface area contributed by atoms with Gasteiger partial charge in [-0.1, -0.05) is 36.7 Å². The van der Waals surface area contributed by atoms with Gasteiger partial charge in [0.05, 0.1) is 12.0 Å². The second kappa shape index (κ2) is 6.21. The predicted molar refractivity (Wildman–Crippen MR) is 87.8 cm³/mol. The average molecular weight is 322 g/mol. The van der Waals surface area contributed by atoms with Gasteiger partial charge in [0.25, 0.3) is 0 Å². The molecule has 0 aromatic heterocycles. The van der Waals surface area contributed by atoms with E-state index in [0.29, 0.717) is 12.6 Å². The van der Waals surface area contributed by atoms with Crippen molar-refractivity contribution in [3.8, 4) is 0 Å². The van der Waals surface area contributed by atoms with E-state index in [0.717, 1.165) is 36.4 Å². The predicted octanol–water partition coefficient (Wildman–Crippen LogP) is 4.04. The summed E-state index contributed by atoms with van der Waals surface area (Å²) in [5.41, 5.74) is 0.831. The first-order valence-electron chi connectivity index (χ1n) is 8.28. The molecule has 0 unspecified atom stereocenters. The number of carbonyl (C=O) groups excluding carboxylic acids is 1. The van der Waals surface area contributed by atoms with Crippen LogP contribution in [0.3, 0.4) is 0 Å². The zero-order chi connectivity index (χ0) is 15.7. The molecule has 3 nitrogen and oxygen atoms in total. The molecule has 22 heavy (non-hydrogen) atoms. The lowest BCUT2D eigenvalue weighted by atomic mass is 9.72. The Balaban J connectivity index is 1.83. The van der Waals surface area contributed by atoms with E-state index >= 15 is 0 Å². The van der Waals surface area contributed by atoms with Crippen molar-refractivity contribution in [2.45, 2.75) is 58.2 Å². The first-order chi connectivity index (χ1) is 10.6. The third kappa shape index (κ3) is 2.44. The lowest BCUT2D eigenvalue weighted by molar-refractivity contribution is -0.157. The second-order valence-electron chi connectivity index (χ2n) is 6.45. The molecule has 2 saturated heterocycles. The SMILES string of the molecule is CCOC(=O)[C@@]1(CC)C[C@H]2CC[C@@H]1N2Cc1ccccc1Cl. The van der Waals surface area contributed by atoms with Crippen LogP contribution >= 0.6 is 11.6 Å². The molecule has 0 saturated carbocycles. The fraction of sp³-hybridized carbons (Fsp3) is 0.611. The van der Waals surface area contributed by atoms with E-state index in [-0.39, 0.29) is 17.4 Å². The van der Waals surface area contributed by atoms with Crippen LogP contribution in [-0.4, -0.2) is 29.6 Å². The smallest absolute Gasteiger partial charge is 0.313 e. The summed E-state index contributed by atoms with van der Waals surface area (Å²) >= 11 is 6.32. The third-order valence-electron chi connectivity index (χ3n) is 5.50. The number of benzene rings is 1. The lowest BCUT2D eigenvalue weighted by Crippen LogP contribution is -2.44. The highest BCUT2D eigenvalue weighted by Crippen LogP contribution is 2.53. The van der Waals surface area contributed by atoms with E-state index in [1.807, 2.05) is 25.1 Å². The van der Waals surface area contributed by atoms with Crippen molar-refractivity contribution < 1.29 is 9.53 Å². The normalized spacial score (nSPS) is 30.7. The second-order valence-corrected chi connectivity index (χ2v) is 6.85. The van der Waals surface area contributed by atoms with Gasteiger partial charge in [-0.25, -0.2) is 0 Å². The fourth-order valence-electron chi connectivity index (χ4n) is 4.39. The monoisotopic (exact) mass is 321 g/mol. The van der Waals surface area contributed by atoms with Crippen LogP contribution in [0.2, 0.25) is 5.02 Å². The summed E-state index contributed by atoms with van der Waals surface area (Å²) in [5, 5.41) is 0.812. The lowest BCUT2D eigenvalue weighted by Gasteiger charge is -2.34. The Kier molecular flexibility index (Phi) is 4.47. The Bertz CT molecular complexity index is 562. The van der Waals surface area contributed by atoms with Gasteiger partial charge in [0.15, 0.2) is 0 Å². The zero-order valence-corrected chi connectivity index (χ0v) is 14.1. The van der Waals surface area contributed by atoms with Crippen LogP contribution in [0.15, 0.2) is 24.3 Å². The van der Waals surface area contributed by atoms with Crippen molar-refractivity contribution in [2.75, 3.05) is 6.61 Å². The minimum Gasteiger partial charge on any atom is -0.466 e. The Morgan fingerprint density at radius 1 is 1.36 bits per heavy atom. The summed E-state index contributed by atoms with van der Waals surface area (Å²) in [7, 11) is 0. The largest absolute Gasteiger partial charge is 0.466 e. The summed E-state index contributed by atoms with van der Waals surface area (Å²) in [5.74, 6) is -0.00569.